The van der Waals surface area contributed by atoms with Gasteiger partial charge in [0.2, 0.25) is 0 Å². The van der Waals surface area contributed by atoms with Gasteiger partial charge in [-0.1, -0.05) is 25.1 Å². The Hall–Kier alpha value is -2.07. The Bertz CT molecular complexity index is 602. The van der Waals surface area contributed by atoms with Crippen molar-refractivity contribution in [1.82, 2.24) is 10.2 Å². The summed E-state index contributed by atoms with van der Waals surface area (Å²) < 4.78 is 5.62. The van der Waals surface area contributed by atoms with E-state index in [4.69, 9.17) is 4.42 Å². The number of hydrogen-bond acceptors (Lipinski definition) is 3. The minimum absolute atomic E-state index is 0.0347. The maximum absolute atomic E-state index is 12.3. The number of piperidine rings is 1. The van der Waals surface area contributed by atoms with E-state index in [0.717, 1.165) is 24.8 Å². The number of nitrogens with zero attached hydrogens (tertiary/aromatic N) is 1. The van der Waals surface area contributed by atoms with Crippen molar-refractivity contribution in [2.24, 2.45) is 5.92 Å². The lowest BCUT2D eigenvalue weighted by atomic mass is 9.97. The average Bonchev–Trinajstić information content (AvgIpc) is 3.11. The second-order valence-electron chi connectivity index (χ2n) is 6.33. The third kappa shape index (κ3) is 4.02. The normalized spacial score (nSPS) is 17.8. The highest BCUT2D eigenvalue weighted by molar-refractivity contribution is 5.94. The first-order chi connectivity index (χ1) is 11.2. The van der Waals surface area contributed by atoms with Crippen molar-refractivity contribution >= 4 is 5.91 Å². The molecule has 0 saturated carbocycles. The van der Waals surface area contributed by atoms with Crippen molar-refractivity contribution in [3.63, 3.8) is 0 Å². The molecule has 1 atom stereocenters. The van der Waals surface area contributed by atoms with E-state index >= 15 is 0 Å². The Kier molecular flexibility index (Phi) is 5.13. The summed E-state index contributed by atoms with van der Waals surface area (Å²) in [4.78, 5) is 14.7. The van der Waals surface area contributed by atoms with Crippen molar-refractivity contribution in [3.05, 3.63) is 60.1 Å². The predicted octanol–water partition coefficient (Wildman–Crippen LogP) is 3.48. The minimum atomic E-state index is -0.0347. The second-order valence-corrected chi connectivity index (χ2v) is 6.33. The van der Waals surface area contributed by atoms with E-state index in [1.54, 1.807) is 6.26 Å². The molecule has 2 heterocycles. The third-order valence-corrected chi connectivity index (χ3v) is 4.62. The minimum Gasteiger partial charge on any atom is -0.468 e. The fourth-order valence-corrected chi connectivity index (χ4v) is 3.11. The molecule has 1 saturated heterocycles. The first-order valence-corrected chi connectivity index (χ1v) is 8.34. The van der Waals surface area contributed by atoms with Crippen molar-refractivity contribution in [1.29, 1.82) is 0 Å². The van der Waals surface area contributed by atoms with Gasteiger partial charge in [-0.2, -0.15) is 0 Å². The molecular formula is C19H24N2O2. The molecule has 1 fully saturated rings. The number of amides is 1. The molecular weight excluding hydrogens is 288 g/mol. The summed E-state index contributed by atoms with van der Waals surface area (Å²) in [5.41, 5.74) is 0.693. The summed E-state index contributed by atoms with van der Waals surface area (Å²) in [7, 11) is 0. The fraction of sp³-hybridized carbons (Fsp3) is 0.421. The second kappa shape index (κ2) is 7.47. The Morgan fingerprint density at radius 2 is 1.96 bits per heavy atom. The topological polar surface area (TPSA) is 45.5 Å². The van der Waals surface area contributed by atoms with Crippen LogP contribution in [0, 0.1) is 5.92 Å². The Morgan fingerprint density at radius 3 is 2.61 bits per heavy atom. The summed E-state index contributed by atoms with van der Waals surface area (Å²) in [6.07, 6.45) is 4.10. The number of carbonyl (C=O) groups excluding carboxylic acids is 1. The van der Waals surface area contributed by atoms with Crippen molar-refractivity contribution in [2.45, 2.75) is 25.8 Å². The van der Waals surface area contributed by atoms with Gasteiger partial charge in [0.15, 0.2) is 0 Å². The van der Waals surface area contributed by atoms with E-state index in [9.17, 15) is 4.79 Å². The van der Waals surface area contributed by atoms with Crippen LogP contribution in [0.25, 0.3) is 0 Å². The zero-order valence-corrected chi connectivity index (χ0v) is 13.6. The molecule has 0 bridgehead atoms. The molecule has 4 heteroatoms. The molecule has 1 aromatic carbocycles. The van der Waals surface area contributed by atoms with Gasteiger partial charge in [-0.05, 0) is 56.1 Å². The van der Waals surface area contributed by atoms with Crippen LogP contribution >= 0.6 is 0 Å². The first-order valence-electron chi connectivity index (χ1n) is 8.34. The van der Waals surface area contributed by atoms with Crippen LogP contribution < -0.4 is 5.32 Å². The largest absolute Gasteiger partial charge is 0.468 e. The van der Waals surface area contributed by atoms with Gasteiger partial charge in [0, 0.05) is 12.1 Å². The summed E-state index contributed by atoms with van der Waals surface area (Å²) in [5, 5.41) is 3.06. The van der Waals surface area contributed by atoms with E-state index < -0.39 is 0 Å². The Labute approximate surface area is 137 Å². The van der Waals surface area contributed by atoms with Crippen molar-refractivity contribution < 1.29 is 9.21 Å². The lowest BCUT2D eigenvalue weighted by molar-refractivity contribution is 0.0895. The van der Waals surface area contributed by atoms with Crippen LogP contribution in [0.15, 0.2) is 53.1 Å². The van der Waals surface area contributed by atoms with Crippen LogP contribution in [0.4, 0.5) is 0 Å². The number of carbonyl (C=O) groups is 1. The SMILES string of the molecule is CC1CCN([C@@H](CNC(=O)c2ccccc2)c2ccco2)CC1. The number of hydrogen-bond donors (Lipinski definition) is 1. The van der Waals surface area contributed by atoms with Gasteiger partial charge in [-0.15, -0.1) is 0 Å². The molecule has 1 aliphatic rings. The van der Waals surface area contributed by atoms with Crippen molar-refractivity contribution in [3.8, 4) is 0 Å². The molecule has 4 nitrogen and oxygen atoms in total. The van der Waals surface area contributed by atoms with Gasteiger partial charge < -0.3 is 9.73 Å². The predicted molar refractivity (Wildman–Crippen MR) is 90.2 cm³/mol. The van der Waals surface area contributed by atoms with Crippen LogP contribution in [-0.4, -0.2) is 30.4 Å². The van der Waals surface area contributed by atoms with E-state index in [1.807, 2.05) is 42.5 Å². The highest BCUT2D eigenvalue weighted by Crippen LogP contribution is 2.26. The molecule has 1 amide bonds. The Balaban J connectivity index is 1.66. The maximum atomic E-state index is 12.3. The van der Waals surface area contributed by atoms with Crippen LogP contribution in [0.1, 0.15) is 41.9 Å². The molecule has 0 radical (unpaired) electrons. The molecule has 3 rings (SSSR count). The molecule has 122 valence electrons. The van der Waals surface area contributed by atoms with Crippen molar-refractivity contribution in [2.75, 3.05) is 19.6 Å². The van der Waals surface area contributed by atoms with Gasteiger partial charge in [-0.25, -0.2) is 0 Å². The fourth-order valence-electron chi connectivity index (χ4n) is 3.11. The standard InChI is InChI=1S/C19H24N2O2/c1-15-9-11-21(12-10-15)17(18-8-5-13-23-18)14-20-19(22)16-6-3-2-4-7-16/h2-8,13,15,17H,9-12,14H2,1H3,(H,20,22)/t17-/m0/s1. The van der Waals surface area contributed by atoms with Gasteiger partial charge in [0.25, 0.3) is 5.91 Å². The molecule has 0 aliphatic carbocycles. The molecule has 23 heavy (non-hydrogen) atoms. The van der Waals surface area contributed by atoms with E-state index in [1.165, 1.54) is 12.8 Å². The zero-order valence-electron chi connectivity index (χ0n) is 13.6. The van der Waals surface area contributed by atoms with Crippen LogP contribution in [0.5, 0.6) is 0 Å². The van der Waals surface area contributed by atoms with Gasteiger partial charge in [0.05, 0.1) is 12.3 Å². The Morgan fingerprint density at radius 1 is 1.22 bits per heavy atom. The lowest BCUT2D eigenvalue weighted by Gasteiger charge is -2.35. The van der Waals surface area contributed by atoms with Crippen LogP contribution in [0.3, 0.4) is 0 Å². The van der Waals surface area contributed by atoms with Gasteiger partial charge in [-0.3, -0.25) is 9.69 Å². The quantitative estimate of drug-likeness (QED) is 0.919. The lowest BCUT2D eigenvalue weighted by Crippen LogP contribution is -2.41. The highest BCUT2D eigenvalue weighted by Gasteiger charge is 2.26. The average molecular weight is 312 g/mol. The molecule has 0 unspecified atom stereocenters. The summed E-state index contributed by atoms with van der Waals surface area (Å²) >= 11 is 0. The highest BCUT2D eigenvalue weighted by atomic mass is 16.3. The molecule has 0 spiro atoms. The number of benzene rings is 1. The van der Waals surface area contributed by atoms with Gasteiger partial charge in [0.1, 0.15) is 5.76 Å². The van der Waals surface area contributed by atoms with E-state index in [2.05, 4.69) is 17.1 Å². The van der Waals surface area contributed by atoms with Crippen LogP contribution in [-0.2, 0) is 0 Å². The first kappa shape index (κ1) is 15.8. The number of furan rings is 1. The zero-order chi connectivity index (χ0) is 16.1. The smallest absolute Gasteiger partial charge is 0.251 e. The summed E-state index contributed by atoms with van der Waals surface area (Å²) in [6, 6.07) is 13.4. The van der Waals surface area contributed by atoms with Gasteiger partial charge >= 0.3 is 0 Å². The van der Waals surface area contributed by atoms with Crippen LogP contribution in [0.2, 0.25) is 0 Å². The van der Waals surface area contributed by atoms with E-state index in [-0.39, 0.29) is 11.9 Å². The summed E-state index contributed by atoms with van der Waals surface area (Å²) in [6.45, 7) is 4.97. The third-order valence-electron chi connectivity index (χ3n) is 4.62. The molecule has 1 aromatic heterocycles. The monoisotopic (exact) mass is 312 g/mol. The summed E-state index contributed by atoms with van der Waals surface area (Å²) in [5.74, 6) is 1.67. The molecule has 1 N–H and O–H groups in total. The molecule has 2 aromatic rings. The number of rotatable bonds is 5. The number of likely N-dealkylation sites (tertiary alicyclic amines) is 1. The maximum Gasteiger partial charge on any atom is 0.251 e. The number of nitrogens with one attached hydrogen (secondary N) is 1. The van der Waals surface area contributed by atoms with E-state index in [0.29, 0.717) is 12.1 Å². The molecule has 1 aliphatic heterocycles.